The van der Waals surface area contributed by atoms with Crippen LogP contribution in [0.1, 0.15) is 13.3 Å². The molecule has 0 bridgehead atoms. The molecule has 1 atom stereocenters. The molecular weight excluding hydrogens is 256 g/mol. The van der Waals surface area contributed by atoms with Crippen molar-refractivity contribution < 1.29 is 13.2 Å². The maximum absolute atomic E-state index is 12.4. The van der Waals surface area contributed by atoms with Crippen LogP contribution in [-0.2, 0) is 14.8 Å². The standard InChI is InChI=1S/C11H16N2O4S/c1-2-9-8-17-6-5-13(9)18(15,16)10-3-4-11(14)12-7-10/h3-4,7,9H,2,5-6,8H2,1H3,(H,12,14). The average molecular weight is 272 g/mol. The smallest absolute Gasteiger partial charge is 0.247 e. The fourth-order valence-electron chi connectivity index (χ4n) is 1.97. The number of rotatable bonds is 3. The van der Waals surface area contributed by atoms with Crippen LogP contribution in [0.15, 0.2) is 28.0 Å². The Hall–Kier alpha value is -1.18. The summed E-state index contributed by atoms with van der Waals surface area (Å²) in [6.07, 6.45) is 1.93. The van der Waals surface area contributed by atoms with Crippen LogP contribution in [0.5, 0.6) is 0 Å². The Balaban J connectivity index is 2.34. The highest BCUT2D eigenvalue weighted by Crippen LogP contribution is 2.20. The van der Waals surface area contributed by atoms with Gasteiger partial charge in [0.1, 0.15) is 0 Å². The van der Waals surface area contributed by atoms with Crippen molar-refractivity contribution in [3.8, 4) is 0 Å². The Morgan fingerprint density at radius 3 is 2.89 bits per heavy atom. The molecule has 0 aromatic carbocycles. The lowest BCUT2D eigenvalue weighted by Gasteiger charge is -2.33. The summed E-state index contributed by atoms with van der Waals surface area (Å²) in [7, 11) is -3.56. The monoisotopic (exact) mass is 272 g/mol. The van der Waals surface area contributed by atoms with Crippen LogP contribution >= 0.6 is 0 Å². The number of morpholine rings is 1. The van der Waals surface area contributed by atoms with E-state index in [4.69, 9.17) is 4.74 Å². The molecular formula is C11H16N2O4S. The first-order chi connectivity index (χ1) is 8.55. The first-order valence-corrected chi connectivity index (χ1v) is 7.28. The Morgan fingerprint density at radius 2 is 2.28 bits per heavy atom. The largest absolute Gasteiger partial charge is 0.378 e. The van der Waals surface area contributed by atoms with Crippen molar-refractivity contribution in [3.63, 3.8) is 0 Å². The molecule has 1 aliphatic rings. The second kappa shape index (κ2) is 5.21. The number of nitrogens with zero attached hydrogens (tertiary/aromatic N) is 1. The lowest BCUT2D eigenvalue weighted by atomic mass is 10.2. The van der Waals surface area contributed by atoms with Gasteiger partial charge < -0.3 is 9.72 Å². The van der Waals surface area contributed by atoms with Crippen molar-refractivity contribution in [1.82, 2.24) is 9.29 Å². The molecule has 1 N–H and O–H groups in total. The fourth-order valence-corrected chi connectivity index (χ4v) is 3.61. The highest BCUT2D eigenvalue weighted by molar-refractivity contribution is 7.89. The van der Waals surface area contributed by atoms with E-state index in [-0.39, 0.29) is 16.5 Å². The minimum Gasteiger partial charge on any atom is -0.378 e. The van der Waals surface area contributed by atoms with E-state index in [1.807, 2.05) is 6.92 Å². The summed E-state index contributed by atoms with van der Waals surface area (Å²) in [5.41, 5.74) is -0.317. The van der Waals surface area contributed by atoms with Gasteiger partial charge in [0.25, 0.3) is 0 Å². The van der Waals surface area contributed by atoms with Crippen LogP contribution in [0.4, 0.5) is 0 Å². The van der Waals surface area contributed by atoms with E-state index >= 15 is 0 Å². The van der Waals surface area contributed by atoms with E-state index < -0.39 is 10.0 Å². The number of nitrogens with one attached hydrogen (secondary N) is 1. The predicted octanol–water partition coefficient (Wildman–Crippen LogP) is 0.174. The summed E-state index contributed by atoms with van der Waals surface area (Å²) in [5.74, 6) is 0. The van der Waals surface area contributed by atoms with Gasteiger partial charge in [-0.05, 0) is 12.5 Å². The number of hydrogen-bond donors (Lipinski definition) is 1. The van der Waals surface area contributed by atoms with E-state index in [1.54, 1.807) is 0 Å². The van der Waals surface area contributed by atoms with Gasteiger partial charge in [-0.1, -0.05) is 6.92 Å². The van der Waals surface area contributed by atoms with Gasteiger partial charge >= 0.3 is 0 Å². The second-order valence-electron chi connectivity index (χ2n) is 4.14. The number of aromatic amines is 1. The normalized spacial score (nSPS) is 21.9. The predicted molar refractivity (Wildman–Crippen MR) is 65.9 cm³/mol. The van der Waals surface area contributed by atoms with Gasteiger partial charge in [0, 0.05) is 24.8 Å². The molecule has 1 saturated heterocycles. The van der Waals surface area contributed by atoms with Crippen LogP contribution in [0.3, 0.4) is 0 Å². The average Bonchev–Trinajstić information content (AvgIpc) is 2.39. The van der Waals surface area contributed by atoms with Gasteiger partial charge in [0.2, 0.25) is 15.6 Å². The Labute approximate surface area is 106 Å². The molecule has 0 aliphatic carbocycles. The van der Waals surface area contributed by atoms with Crippen LogP contribution in [0.2, 0.25) is 0 Å². The molecule has 2 rings (SSSR count). The van der Waals surface area contributed by atoms with Crippen molar-refractivity contribution in [1.29, 1.82) is 0 Å². The highest BCUT2D eigenvalue weighted by atomic mass is 32.2. The molecule has 0 radical (unpaired) electrons. The molecule has 2 heterocycles. The lowest BCUT2D eigenvalue weighted by molar-refractivity contribution is 0.0314. The summed E-state index contributed by atoms with van der Waals surface area (Å²) in [5, 5.41) is 0. The summed E-state index contributed by atoms with van der Waals surface area (Å²) < 4.78 is 31.6. The van der Waals surface area contributed by atoms with Crippen LogP contribution in [0.25, 0.3) is 0 Å². The summed E-state index contributed by atoms with van der Waals surface area (Å²) in [6, 6.07) is 2.40. The van der Waals surface area contributed by atoms with Crippen molar-refractivity contribution in [2.45, 2.75) is 24.3 Å². The number of ether oxygens (including phenoxy) is 1. The van der Waals surface area contributed by atoms with Gasteiger partial charge in [-0.15, -0.1) is 0 Å². The van der Waals surface area contributed by atoms with Crippen molar-refractivity contribution >= 4 is 10.0 Å². The van der Waals surface area contributed by atoms with Gasteiger partial charge in [-0.25, -0.2) is 8.42 Å². The number of pyridine rings is 1. The van der Waals surface area contributed by atoms with Gasteiger partial charge in [0.15, 0.2) is 0 Å². The van der Waals surface area contributed by atoms with Crippen LogP contribution in [0, 0.1) is 0 Å². The molecule has 0 amide bonds. The molecule has 1 aromatic heterocycles. The minimum absolute atomic E-state index is 0.113. The molecule has 0 spiro atoms. The fraction of sp³-hybridized carbons (Fsp3) is 0.545. The van der Waals surface area contributed by atoms with Crippen molar-refractivity contribution in [2.75, 3.05) is 19.8 Å². The van der Waals surface area contributed by atoms with Gasteiger partial charge in [-0.3, -0.25) is 4.79 Å². The Bertz CT molecular complexity index is 546. The lowest BCUT2D eigenvalue weighted by Crippen LogP contribution is -2.48. The van der Waals surface area contributed by atoms with E-state index in [0.717, 1.165) is 0 Å². The number of hydrogen-bond acceptors (Lipinski definition) is 4. The highest BCUT2D eigenvalue weighted by Gasteiger charge is 2.33. The van der Waals surface area contributed by atoms with Gasteiger partial charge in [0.05, 0.1) is 18.1 Å². The van der Waals surface area contributed by atoms with E-state index in [9.17, 15) is 13.2 Å². The molecule has 100 valence electrons. The third-order valence-electron chi connectivity index (χ3n) is 3.01. The maximum Gasteiger partial charge on any atom is 0.247 e. The number of H-pyrrole nitrogens is 1. The third kappa shape index (κ3) is 2.47. The molecule has 1 fully saturated rings. The van der Waals surface area contributed by atoms with Crippen LogP contribution in [-0.4, -0.2) is 43.5 Å². The molecule has 6 nitrogen and oxygen atoms in total. The molecule has 7 heteroatoms. The Morgan fingerprint density at radius 1 is 1.50 bits per heavy atom. The molecule has 1 unspecified atom stereocenters. The molecule has 18 heavy (non-hydrogen) atoms. The van der Waals surface area contributed by atoms with E-state index in [1.165, 1.54) is 22.6 Å². The van der Waals surface area contributed by atoms with E-state index in [0.29, 0.717) is 26.2 Å². The second-order valence-corrected chi connectivity index (χ2v) is 6.03. The van der Waals surface area contributed by atoms with Crippen molar-refractivity contribution in [3.05, 3.63) is 28.7 Å². The summed E-state index contributed by atoms with van der Waals surface area (Å²) in [6.45, 7) is 3.09. The molecule has 1 aromatic rings. The van der Waals surface area contributed by atoms with Gasteiger partial charge in [-0.2, -0.15) is 4.31 Å². The molecule has 0 saturated carbocycles. The third-order valence-corrected chi connectivity index (χ3v) is 4.95. The maximum atomic E-state index is 12.4. The zero-order valence-electron chi connectivity index (χ0n) is 10.1. The zero-order chi connectivity index (χ0) is 13.2. The van der Waals surface area contributed by atoms with Crippen LogP contribution < -0.4 is 5.56 Å². The SMILES string of the molecule is CCC1COCCN1S(=O)(=O)c1ccc(=O)[nH]c1. The number of sulfonamides is 1. The number of aromatic nitrogens is 1. The summed E-state index contributed by atoms with van der Waals surface area (Å²) in [4.78, 5) is 13.5. The Kier molecular flexibility index (Phi) is 3.84. The quantitative estimate of drug-likeness (QED) is 0.851. The minimum atomic E-state index is -3.56. The first-order valence-electron chi connectivity index (χ1n) is 5.84. The molecule has 1 aliphatic heterocycles. The summed E-state index contributed by atoms with van der Waals surface area (Å²) >= 11 is 0. The first kappa shape index (κ1) is 13.3. The van der Waals surface area contributed by atoms with Crippen molar-refractivity contribution in [2.24, 2.45) is 0 Å². The topological polar surface area (TPSA) is 79.5 Å². The van der Waals surface area contributed by atoms with E-state index in [2.05, 4.69) is 4.98 Å². The zero-order valence-corrected chi connectivity index (χ0v) is 10.9.